The standard InChI is InChI=1S/C20H12N2O6/c23-11-6-7-12-13(8-11)18(24)14-9-15(22(27)28)17(20(26)16(14)19(12)25)21-10-4-2-1-3-5-10/h1-9,21,23,26H. The number of aromatic hydroxyl groups is 2. The molecule has 0 saturated carbocycles. The first-order valence-electron chi connectivity index (χ1n) is 8.17. The van der Waals surface area contributed by atoms with Gasteiger partial charge in [0.05, 0.1) is 10.5 Å². The Labute approximate surface area is 157 Å². The Morgan fingerprint density at radius 1 is 0.857 bits per heavy atom. The maximum absolute atomic E-state index is 12.9. The molecule has 3 aromatic rings. The molecule has 0 saturated heterocycles. The molecule has 138 valence electrons. The van der Waals surface area contributed by atoms with E-state index in [0.29, 0.717) is 5.69 Å². The van der Waals surface area contributed by atoms with Crippen LogP contribution in [-0.2, 0) is 0 Å². The van der Waals surface area contributed by atoms with Crippen molar-refractivity contribution in [1.82, 2.24) is 0 Å². The predicted octanol–water partition coefficient (Wildman–Crippen LogP) is 3.53. The fourth-order valence-electron chi connectivity index (χ4n) is 3.19. The molecular weight excluding hydrogens is 364 g/mol. The Balaban J connectivity index is 1.96. The zero-order valence-electron chi connectivity index (χ0n) is 14.2. The van der Waals surface area contributed by atoms with Gasteiger partial charge in [0.25, 0.3) is 5.69 Å². The summed E-state index contributed by atoms with van der Waals surface area (Å²) in [5, 5.41) is 34.6. The van der Waals surface area contributed by atoms with Crippen molar-refractivity contribution in [3.05, 3.63) is 87.0 Å². The SMILES string of the molecule is O=C1c2cc(O)ccc2C(=O)c2c1cc([N+](=O)[O-])c(Nc1ccccc1)c2O. The number of rotatable bonds is 3. The molecule has 0 spiro atoms. The van der Waals surface area contributed by atoms with Crippen LogP contribution < -0.4 is 5.32 Å². The predicted molar refractivity (Wildman–Crippen MR) is 99.5 cm³/mol. The second-order valence-electron chi connectivity index (χ2n) is 6.18. The number of nitrogens with one attached hydrogen (secondary N) is 1. The van der Waals surface area contributed by atoms with Gasteiger partial charge in [-0.25, -0.2) is 0 Å². The summed E-state index contributed by atoms with van der Waals surface area (Å²) in [5.41, 5.74) is -1.04. The maximum Gasteiger partial charge on any atom is 0.297 e. The van der Waals surface area contributed by atoms with E-state index in [0.717, 1.165) is 12.1 Å². The Morgan fingerprint density at radius 2 is 1.57 bits per heavy atom. The van der Waals surface area contributed by atoms with E-state index in [9.17, 15) is 29.9 Å². The van der Waals surface area contributed by atoms with Gasteiger partial charge in [-0.2, -0.15) is 0 Å². The molecule has 28 heavy (non-hydrogen) atoms. The number of fused-ring (bicyclic) bond motifs is 2. The van der Waals surface area contributed by atoms with Crippen LogP contribution >= 0.6 is 0 Å². The number of phenolic OH excluding ortho intramolecular Hbond substituents is 2. The van der Waals surface area contributed by atoms with Gasteiger partial charge in [-0.15, -0.1) is 0 Å². The first-order chi connectivity index (χ1) is 13.4. The number of nitrogens with zero attached hydrogens (tertiary/aromatic N) is 1. The fraction of sp³-hybridized carbons (Fsp3) is 0. The third-order valence-corrected chi connectivity index (χ3v) is 4.48. The Bertz CT molecular complexity index is 1170. The highest BCUT2D eigenvalue weighted by Gasteiger charge is 2.37. The lowest BCUT2D eigenvalue weighted by Gasteiger charge is -2.20. The van der Waals surface area contributed by atoms with Crippen molar-refractivity contribution in [3.63, 3.8) is 0 Å². The Kier molecular flexibility index (Phi) is 3.82. The lowest BCUT2D eigenvalue weighted by atomic mass is 9.82. The highest BCUT2D eigenvalue weighted by molar-refractivity contribution is 6.30. The number of para-hydroxylation sites is 1. The Morgan fingerprint density at radius 3 is 2.25 bits per heavy atom. The number of hydrogen-bond donors (Lipinski definition) is 3. The summed E-state index contributed by atoms with van der Waals surface area (Å²) >= 11 is 0. The zero-order chi connectivity index (χ0) is 20.0. The van der Waals surface area contributed by atoms with Crippen LogP contribution in [-0.4, -0.2) is 26.7 Å². The van der Waals surface area contributed by atoms with E-state index in [1.54, 1.807) is 30.3 Å². The lowest BCUT2D eigenvalue weighted by molar-refractivity contribution is -0.384. The van der Waals surface area contributed by atoms with Crippen LogP contribution in [0.3, 0.4) is 0 Å². The fourth-order valence-corrected chi connectivity index (χ4v) is 3.19. The van der Waals surface area contributed by atoms with Gasteiger partial charge in [0.1, 0.15) is 5.75 Å². The van der Waals surface area contributed by atoms with Crippen molar-refractivity contribution in [3.8, 4) is 11.5 Å². The van der Waals surface area contributed by atoms with Crippen molar-refractivity contribution in [2.75, 3.05) is 5.32 Å². The molecule has 0 bridgehead atoms. The molecule has 1 aliphatic carbocycles. The molecule has 0 atom stereocenters. The van der Waals surface area contributed by atoms with Gasteiger partial charge in [0, 0.05) is 28.4 Å². The molecule has 0 radical (unpaired) electrons. The molecule has 4 rings (SSSR count). The molecule has 3 N–H and O–H groups in total. The minimum absolute atomic E-state index is 0.00474. The number of nitro groups is 1. The number of nitro benzene ring substituents is 1. The summed E-state index contributed by atoms with van der Waals surface area (Å²) in [4.78, 5) is 36.5. The van der Waals surface area contributed by atoms with Gasteiger partial charge < -0.3 is 15.5 Å². The smallest absolute Gasteiger partial charge is 0.297 e. The van der Waals surface area contributed by atoms with Gasteiger partial charge in [0.2, 0.25) is 0 Å². The number of benzene rings is 3. The molecule has 1 aliphatic rings. The van der Waals surface area contributed by atoms with E-state index >= 15 is 0 Å². The molecule has 0 fully saturated rings. The summed E-state index contributed by atoms with van der Waals surface area (Å²) in [6, 6.07) is 13.0. The maximum atomic E-state index is 12.9. The van der Waals surface area contributed by atoms with Crippen LogP contribution in [0.4, 0.5) is 17.1 Å². The number of carbonyl (C=O) groups excluding carboxylic acids is 2. The van der Waals surface area contributed by atoms with Crippen LogP contribution in [0.1, 0.15) is 31.8 Å². The van der Waals surface area contributed by atoms with Gasteiger partial charge >= 0.3 is 0 Å². The number of ketones is 2. The van der Waals surface area contributed by atoms with Crippen LogP contribution in [0.2, 0.25) is 0 Å². The van der Waals surface area contributed by atoms with Crippen molar-refractivity contribution >= 4 is 28.6 Å². The highest BCUT2D eigenvalue weighted by atomic mass is 16.6. The van der Waals surface area contributed by atoms with Crippen LogP contribution in [0.5, 0.6) is 11.5 Å². The van der Waals surface area contributed by atoms with Crippen molar-refractivity contribution in [2.45, 2.75) is 0 Å². The van der Waals surface area contributed by atoms with Crippen LogP contribution in [0.25, 0.3) is 0 Å². The number of hydrogen-bond acceptors (Lipinski definition) is 7. The first-order valence-corrected chi connectivity index (χ1v) is 8.17. The largest absolute Gasteiger partial charge is 0.508 e. The Hall–Kier alpha value is -4.20. The quantitative estimate of drug-likeness (QED) is 0.283. The van der Waals surface area contributed by atoms with Crippen molar-refractivity contribution in [2.24, 2.45) is 0 Å². The number of carbonyl (C=O) groups is 2. The molecule has 0 heterocycles. The van der Waals surface area contributed by atoms with Gasteiger partial charge in [-0.05, 0) is 30.3 Å². The summed E-state index contributed by atoms with van der Waals surface area (Å²) in [5.74, 6) is -2.24. The summed E-state index contributed by atoms with van der Waals surface area (Å²) in [6.45, 7) is 0. The highest BCUT2D eigenvalue weighted by Crippen LogP contribution is 2.44. The molecule has 0 aromatic heterocycles. The molecule has 0 aliphatic heterocycles. The van der Waals surface area contributed by atoms with E-state index < -0.39 is 27.9 Å². The topological polar surface area (TPSA) is 130 Å². The van der Waals surface area contributed by atoms with Crippen LogP contribution in [0, 0.1) is 10.1 Å². The monoisotopic (exact) mass is 376 g/mol. The van der Waals surface area contributed by atoms with E-state index in [4.69, 9.17) is 0 Å². The van der Waals surface area contributed by atoms with Gasteiger partial charge in [-0.1, -0.05) is 18.2 Å². The van der Waals surface area contributed by atoms with E-state index in [-0.39, 0.29) is 33.7 Å². The molecule has 0 amide bonds. The average Bonchev–Trinajstić information content (AvgIpc) is 2.68. The van der Waals surface area contributed by atoms with E-state index in [1.165, 1.54) is 12.1 Å². The number of anilines is 2. The molecule has 8 heteroatoms. The molecule has 3 aromatic carbocycles. The van der Waals surface area contributed by atoms with Crippen molar-refractivity contribution in [1.29, 1.82) is 0 Å². The second kappa shape index (κ2) is 6.20. The van der Waals surface area contributed by atoms with E-state index in [1.807, 2.05) is 0 Å². The lowest BCUT2D eigenvalue weighted by Crippen LogP contribution is -2.21. The second-order valence-corrected chi connectivity index (χ2v) is 6.18. The zero-order valence-corrected chi connectivity index (χ0v) is 14.2. The van der Waals surface area contributed by atoms with Crippen LogP contribution in [0.15, 0.2) is 54.6 Å². The third-order valence-electron chi connectivity index (χ3n) is 4.48. The summed E-state index contributed by atoms with van der Waals surface area (Å²) in [6.07, 6.45) is 0. The van der Waals surface area contributed by atoms with Gasteiger partial charge in [-0.3, -0.25) is 19.7 Å². The summed E-state index contributed by atoms with van der Waals surface area (Å²) in [7, 11) is 0. The minimum Gasteiger partial charge on any atom is -0.508 e. The minimum atomic E-state index is -0.749. The third kappa shape index (κ3) is 2.55. The average molecular weight is 376 g/mol. The van der Waals surface area contributed by atoms with E-state index in [2.05, 4.69) is 5.32 Å². The number of phenols is 2. The normalized spacial score (nSPS) is 12.3. The molecular formula is C20H12N2O6. The molecule has 0 unspecified atom stereocenters. The van der Waals surface area contributed by atoms with Crippen molar-refractivity contribution < 1.29 is 24.7 Å². The summed E-state index contributed by atoms with van der Waals surface area (Å²) < 4.78 is 0. The van der Waals surface area contributed by atoms with Gasteiger partial charge in [0.15, 0.2) is 23.0 Å². The first kappa shape index (κ1) is 17.2. The molecule has 8 nitrogen and oxygen atoms in total.